The number of nitrogens with zero attached hydrogens (tertiary/aromatic N) is 1. The number of fused-ring (bicyclic) bond motifs is 1. The van der Waals surface area contributed by atoms with Crippen molar-refractivity contribution < 1.29 is 9.53 Å². The number of carbonyl (C=O) groups is 1. The first-order valence-corrected chi connectivity index (χ1v) is 11.3. The molecule has 1 aliphatic rings. The monoisotopic (exact) mass is 418 g/mol. The number of rotatable bonds is 8. The van der Waals surface area contributed by atoms with E-state index in [-0.39, 0.29) is 11.8 Å². The van der Waals surface area contributed by atoms with Gasteiger partial charge in [0, 0.05) is 36.0 Å². The van der Waals surface area contributed by atoms with E-state index in [1.54, 1.807) is 11.8 Å². The van der Waals surface area contributed by atoms with Crippen LogP contribution in [0, 0.1) is 0 Å². The number of nitrogens with two attached hydrogens (primary N) is 1. The Bertz CT molecular complexity index is 1020. The van der Waals surface area contributed by atoms with E-state index >= 15 is 0 Å². The van der Waals surface area contributed by atoms with E-state index < -0.39 is 0 Å². The zero-order valence-corrected chi connectivity index (χ0v) is 17.9. The maximum atomic E-state index is 11.6. The highest BCUT2D eigenvalue weighted by Gasteiger charge is 2.30. The van der Waals surface area contributed by atoms with Gasteiger partial charge in [-0.2, -0.15) is 0 Å². The molecular weight excluding hydrogens is 392 g/mol. The van der Waals surface area contributed by atoms with Gasteiger partial charge in [-0.1, -0.05) is 42.5 Å². The third-order valence-electron chi connectivity index (χ3n) is 5.42. The molecule has 1 amide bonds. The van der Waals surface area contributed by atoms with Gasteiger partial charge in [-0.05, 0) is 53.3 Å². The molecule has 0 spiro atoms. The molecule has 0 saturated heterocycles. The van der Waals surface area contributed by atoms with Crippen molar-refractivity contribution in [1.29, 1.82) is 0 Å². The minimum absolute atomic E-state index is 0.141. The number of anilines is 1. The third kappa shape index (κ3) is 4.79. The van der Waals surface area contributed by atoms with Crippen LogP contribution in [0.25, 0.3) is 0 Å². The van der Waals surface area contributed by atoms with Gasteiger partial charge in [0.15, 0.2) is 0 Å². The van der Waals surface area contributed by atoms with Crippen LogP contribution < -0.4 is 15.4 Å². The second kappa shape index (κ2) is 9.26. The Balaban J connectivity index is 1.49. The summed E-state index contributed by atoms with van der Waals surface area (Å²) in [4.78, 5) is 15.1. The number of thioether (sulfide) groups is 1. The minimum Gasteiger partial charge on any atom is -0.489 e. The number of carbonyl (C=O) groups excluding carboxylic acids is 1. The molecule has 1 aliphatic heterocycles. The van der Waals surface area contributed by atoms with Crippen LogP contribution in [0.5, 0.6) is 5.75 Å². The number of hydrogen-bond donors (Lipinski definition) is 1. The van der Waals surface area contributed by atoms with Gasteiger partial charge in [0.2, 0.25) is 5.91 Å². The molecule has 0 bridgehead atoms. The van der Waals surface area contributed by atoms with E-state index in [4.69, 9.17) is 10.5 Å². The summed E-state index contributed by atoms with van der Waals surface area (Å²) in [6.45, 7) is 2.11. The second-order valence-electron chi connectivity index (χ2n) is 7.59. The molecule has 2 N–H and O–H groups in total. The molecule has 154 valence electrons. The predicted molar refractivity (Wildman–Crippen MR) is 123 cm³/mol. The van der Waals surface area contributed by atoms with Crippen molar-refractivity contribution in [2.45, 2.75) is 30.4 Å². The van der Waals surface area contributed by atoms with E-state index in [9.17, 15) is 4.79 Å². The van der Waals surface area contributed by atoms with E-state index in [2.05, 4.69) is 53.6 Å². The molecule has 30 heavy (non-hydrogen) atoms. The molecule has 4 rings (SSSR count). The minimum atomic E-state index is -0.251. The average molecular weight is 419 g/mol. The largest absolute Gasteiger partial charge is 0.489 e. The lowest BCUT2D eigenvalue weighted by Crippen LogP contribution is -2.23. The van der Waals surface area contributed by atoms with E-state index in [0.717, 1.165) is 24.4 Å². The van der Waals surface area contributed by atoms with Crippen LogP contribution in [0.1, 0.15) is 29.0 Å². The SMILES string of the molecule is CSc1ccc2c(c1)C(CC(N)=O)CN2Cc1cccc(OCc2ccccc2)c1. The Morgan fingerprint density at radius 3 is 2.63 bits per heavy atom. The summed E-state index contributed by atoms with van der Waals surface area (Å²) in [7, 11) is 0. The lowest BCUT2D eigenvalue weighted by Gasteiger charge is -2.20. The van der Waals surface area contributed by atoms with Crippen molar-refractivity contribution in [2.75, 3.05) is 17.7 Å². The fraction of sp³-hybridized carbons (Fsp3) is 0.240. The van der Waals surface area contributed by atoms with Crippen molar-refractivity contribution in [2.24, 2.45) is 5.73 Å². The molecule has 0 fully saturated rings. The zero-order chi connectivity index (χ0) is 20.9. The van der Waals surface area contributed by atoms with Gasteiger partial charge in [0.05, 0.1) is 0 Å². The van der Waals surface area contributed by atoms with Crippen LogP contribution in [0.2, 0.25) is 0 Å². The highest BCUT2D eigenvalue weighted by Crippen LogP contribution is 2.40. The highest BCUT2D eigenvalue weighted by molar-refractivity contribution is 7.98. The smallest absolute Gasteiger partial charge is 0.218 e. The van der Waals surface area contributed by atoms with Crippen LogP contribution >= 0.6 is 11.8 Å². The number of benzene rings is 3. The van der Waals surface area contributed by atoms with Gasteiger partial charge in [0.25, 0.3) is 0 Å². The van der Waals surface area contributed by atoms with Gasteiger partial charge in [-0.3, -0.25) is 4.79 Å². The van der Waals surface area contributed by atoms with Gasteiger partial charge in [-0.25, -0.2) is 0 Å². The fourth-order valence-electron chi connectivity index (χ4n) is 4.00. The molecule has 1 unspecified atom stereocenters. The van der Waals surface area contributed by atoms with Gasteiger partial charge >= 0.3 is 0 Å². The molecule has 3 aromatic rings. The Morgan fingerprint density at radius 1 is 1.07 bits per heavy atom. The average Bonchev–Trinajstić information content (AvgIpc) is 3.09. The molecule has 0 radical (unpaired) electrons. The normalized spacial score (nSPS) is 15.1. The van der Waals surface area contributed by atoms with Crippen LogP contribution in [-0.2, 0) is 17.9 Å². The molecule has 1 atom stereocenters. The van der Waals surface area contributed by atoms with Crippen LogP contribution in [0.15, 0.2) is 77.7 Å². The van der Waals surface area contributed by atoms with E-state index in [1.165, 1.54) is 21.7 Å². The first-order chi connectivity index (χ1) is 14.6. The molecule has 0 saturated carbocycles. The zero-order valence-electron chi connectivity index (χ0n) is 17.1. The summed E-state index contributed by atoms with van der Waals surface area (Å²) >= 11 is 1.72. The molecule has 5 heteroatoms. The molecule has 0 aliphatic carbocycles. The number of primary amides is 1. The summed E-state index contributed by atoms with van der Waals surface area (Å²) in [6.07, 6.45) is 2.44. The standard InChI is InChI=1S/C25H26N2O2S/c1-30-22-10-11-24-23(14-22)20(13-25(26)28)16-27(24)15-19-8-5-9-21(12-19)29-17-18-6-3-2-4-7-18/h2-12,14,20H,13,15-17H2,1H3,(H2,26,28). The maximum absolute atomic E-state index is 11.6. The molecular formula is C25H26N2O2S. The van der Waals surface area contributed by atoms with Gasteiger partial charge in [-0.15, -0.1) is 11.8 Å². The number of amides is 1. The van der Waals surface area contributed by atoms with Crippen molar-refractivity contribution in [3.05, 3.63) is 89.5 Å². The van der Waals surface area contributed by atoms with E-state index in [1.807, 2.05) is 30.3 Å². The molecule has 4 nitrogen and oxygen atoms in total. The predicted octanol–water partition coefficient (Wildman–Crippen LogP) is 4.97. The third-order valence-corrected chi connectivity index (χ3v) is 6.15. The lowest BCUT2D eigenvalue weighted by molar-refractivity contribution is -0.118. The van der Waals surface area contributed by atoms with Crippen LogP contribution in [0.4, 0.5) is 5.69 Å². The van der Waals surface area contributed by atoms with Gasteiger partial charge < -0.3 is 15.4 Å². The van der Waals surface area contributed by atoms with Crippen LogP contribution in [0.3, 0.4) is 0 Å². The Labute approximate surface area is 182 Å². The Hall–Kier alpha value is -2.92. The lowest BCUT2D eigenvalue weighted by atomic mass is 9.98. The summed E-state index contributed by atoms with van der Waals surface area (Å²) in [6, 6.07) is 24.9. The van der Waals surface area contributed by atoms with Crippen molar-refractivity contribution >= 4 is 23.4 Å². The topological polar surface area (TPSA) is 55.6 Å². The van der Waals surface area contributed by atoms with Crippen LogP contribution in [-0.4, -0.2) is 18.7 Å². The first kappa shape index (κ1) is 20.4. The van der Waals surface area contributed by atoms with Crippen molar-refractivity contribution in [3.8, 4) is 5.75 Å². The highest BCUT2D eigenvalue weighted by atomic mass is 32.2. The quantitative estimate of drug-likeness (QED) is 0.525. The first-order valence-electron chi connectivity index (χ1n) is 10.1. The molecule has 0 aromatic heterocycles. The summed E-state index contributed by atoms with van der Waals surface area (Å²) < 4.78 is 5.99. The summed E-state index contributed by atoms with van der Waals surface area (Å²) in [5.74, 6) is 0.753. The fourth-order valence-corrected chi connectivity index (χ4v) is 4.45. The maximum Gasteiger partial charge on any atom is 0.218 e. The number of hydrogen-bond acceptors (Lipinski definition) is 4. The van der Waals surface area contributed by atoms with E-state index in [0.29, 0.717) is 13.0 Å². The summed E-state index contributed by atoms with van der Waals surface area (Å²) in [5, 5.41) is 0. The Kier molecular flexibility index (Phi) is 6.29. The molecule has 1 heterocycles. The Morgan fingerprint density at radius 2 is 1.87 bits per heavy atom. The second-order valence-corrected chi connectivity index (χ2v) is 8.47. The summed E-state index contributed by atoms with van der Waals surface area (Å²) in [5.41, 5.74) is 10.3. The van der Waals surface area contributed by atoms with Gasteiger partial charge in [0.1, 0.15) is 12.4 Å². The number of ether oxygens (including phenoxy) is 1. The molecule has 3 aromatic carbocycles. The van der Waals surface area contributed by atoms with Crippen molar-refractivity contribution in [1.82, 2.24) is 0 Å². The van der Waals surface area contributed by atoms with Crippen molar-refractivity contribution in [3.63, 3.8) is 0 Å².